The normalized spacial score (nSPS) is 30.7. The molecular weight excluding hydrogens is 220 g/mol. The lowest BCUT2D eigenvalue weighted by Crippen LogP contribution is -2.20. The van der Waals surface area contributed by atoms with Crippen molar-refractivity contribution in [3.05, 3.63) is 0 Å². The van der Waals surface area contributed by atoms with Gasteiger partial charge in [-0.3, -0.25) is 4.79 Å². The van der Waals surface area contributed by atoms with Gasteiger partial charge in [0.2, 0.25) is 0 Å². The summed E-state index contributed by atoms with van der Waals surface area (Å²) in [5.41, 5.74) is 0. The molecule has 1 aliphatic heterocycles. The SMILES string of the molecule is O=C(O)CCC1CCS(=O)(=O)CCC1O. The number of rotatable bonds is 3. The number of aliphatic carboxylic acids is 1. The first-order chi connectivity index (χ1) is 6.91. The Morgan fingerprint density at radius 2 is 1.87 bits per heavy atom. The summed E-state index contributed by atoms with van der Waals surface area (Å²) in [6.07, 6.45) is 0.263. The summed E-state index contributed by atoms with van der Waals surface area (Å²) in [4.78, 5) is 10.4. The average molecular weight is 236 g/mol. The van der Waals surface area contributed by atoms with Crippen LogP contribution in [0.3, 0.4) is 0 Å². The number of carboxylic acids is 1. The zero-order chi connectivity index (χ0) is 11.5. The van der Waals surface area contributed by atoms with Crippen LogP contribution in [0.25, 0.3) is 0 Å². The van der Waals surface area contributed by atoms with Gasteiger partial charge in [0.15, 0.2) is 0 Å². The summed E-state index contributed by atoms with van der Waals surface area (Å²) >= 11 is 0. The molecule has 6 heteroatoms. The zero-order valence-electron chi connectivity index (χ0n) is 8.42. The summed E-state index contributed by atoms with van der Waals surface area (Å²) < 4.78 is 22.5. The minimum atomic E-state index is -3.03. The molecule has 0 spiro atoms. The Balaban J connectivity index is 2.54. The second-order valence-electron chi connectivity index (χ2n) is 3.99. The second kappa shape index (κ2) is 4.94. The van der Waals surface area contributed by atoms with Gasteiger partial charge in [-0.1, -0.05) is 0 Å². The van der Waals surface area contributed by atoms with Crippen LogP contribution in [0.4, 0.5) is 0 Å². The van der Waals surface area contributed by atoms with Crippen LogP contribution in [0.5, 0.6) is 0 Å². The molecule has 1 saturated heterocycles. The van der Waals surface area contributed by atoms with Crippen LogP contribution in [0, 0.1) is 5.92 Å². The third kappa shape index (κ3) is 4.17. The van der Waals surface area contributed by atoms with E-state index in [-0.39, 0.29) is 30.3 Å². The van der Waals surface area contributed by atoms with Gasteiger partial charge in [0.1, 0.15) is 9.84 Å². The molecular formula is C9H16O5S. The van der Waals surface area contributed by atoms with Crippen LogP contribution in [0.15, 0.2) is 0 Å². The highest BCUT2D eigenvalue weighted by Gasteiger charge is 2.27. The Morgan fingerprint density at radius 3 is 2.47 bits per heavy atom. The van der Waals surface area contributed by atoms with Crippen molar-refractivity contribution in [2.75, 3.05) is 11.5 Å². The van der Waals surface area contributed by atoms with Crippen molar-refractivity contribution in [2.45, 2.75) is 31.8 Å². The molecule has 0 aromatic carbocycles. The molecule has 2 atom stereocenters. The number of hydrogen-bond acceptors (Lipinski definition) is 4. The molecule has 1 aliphatic rings. The Labute approximate surface area is 89.0 Å². The Bertz CT molecular complexity index is 321. The summed E-state index contributed by atoms with van der Waals surface area (Å²) in [5, 5.41) is 18.1. The first kappa shape index (κ1) is 12.4. The monoisotopic (exact) mass is 236 g/mol. The molecule has 88 valence electrons. The number of aliphatic hydroxyl groups is 1. The van der Waals surface area contributed by atoms with Crippen LogP contribution in [0.1, 0.15) is 25.7 Å². The van der Waals surface area contributed by atoms with E-state index in [0.29, 0.717) is 12.8 Å². The molecule has 1 heterocycles. The highest BCUT2D eigenvalue weighted by atomic mass is 32.2. The van der Waals surface area contributed by atoms with Crippen molar-refractivity contribution in [1.29, 1.82) is 0 Å². The van der Waals surface area contributed by atoms with Gasteiger partial charge in [-0.25, -0.2) is 8.42 Å². The molecule has 0 aromatic heterocycles. The first-order valence-electron chi connectivity index (χ1n) is 5.01. The van der Waals surface area contributed by atoms with Crippen LogP contribution in [0.2, 0.25) is 0 Å². The fourth-order valence-electron chi connectivity index (χ4n) is 1.81. The van der Waals surface area contributed by atoms with Crippen LogP contribution >= 0.6 is 0 Å². The van der Waals surface area contributed by atoms with Gasteiger partial charge in [-0.2, -0.15) is 0 Å². The maximum Gasteiger partial charge on any atom is 0.303 e. The van der Waals surface area contributed by atoms with Gasteiger partial charge in [-0.05, 0) is 25.2 Å². The zero-order valence-corrected chi connectivity index (χ0v) is 9.24. The largest absolute Gasteiger partial charge is 0.481 e. The van der Waals surface area contributed by atoms with E-state index < -0.39 is 21.9 Å². The van der Waals surface area contributed by atoms with E-state index in [2.05, 4.69) is 0 Å². The van der Waals surface area contributed by atoms with Crippen LogP contribution in [-0.4, -0.2) is 42.2 Å². The van der Waals surface area contributed by atoms with Gasteiger partial charge in [-0.15, -0.1) is 0 Å². The molecule has 2 N–H and O–H groups in total. The van der Waals surface area contributed by atoms with Crippen LogP contribution < -0.4 is 0 Å². The van der Waals surface area contributed by atoms with E-state index in [9.17, 15) is 18.3 Å². The molecule has 15 heavy (non-hydrogen) atoms. The molecule has 0 aromatic rings. The number of aliphatic hydroxyl groups excluding tert-OH is 1. The minimum absolute atomic E-state index is 0.0116. The van der Waals surface area contributed by atoms with E-state index in [1.54, 1.807) is 0 Å². The molecule has 2 unspecified atom stereocenters. The molecule has 0 aliphatic carbocycles. The Kier molecular flexibility index (Phi) is 4.10. The lowest BCUT2D eigenvalue weighted by atomic mass is 9.93. The number of carboxylic acid groups (broad SMARTS) is 1. The topological polar surface area (TPSA) is 91.7 Å². The van der Waals surface area contributed by atoms with E-state index in [0.717, 1.165) is 0 Å². The van der Waals surface area contributed by atoms with Crippen molar-refractivity contribution >= 4 is 15.8 Å². The fraction of sp³-hybridized carbons (Fsp3) is 0.889. The smallest absolute Gasteiger partial charge is 0.303 e. The predicted octanol–water partition coefficient (Wildman–Crippen LogP) is 0.0369. The first-order valence-corrected chi connectivity index (χ1v) is 6.83. The number of hydrogen-bond donors (Lipinski definition) is 2. The maximum atomic E-state index is 11.3. The number of sulfone groups is 1. The predicted molar refractivity (Wildman–Crippen MR) is 54.3 cm³/mol. The van der Waals surface area contributed by atoms with Gasteiger partial charge in [0, 0.05) is 6.42 Å². The van der Waals surface area contributed by atoms with Crippen molar-refractivity contribution < 1.29 is 23.4 Å². The maximum absolute atomic E-state index is 11.3. The Hall–Kier alpha value is -0.620. The van der Waals surface area contributed by atoms with Crippen LogP contribution in [-0.2, 0) is 14.6 Å². The quantitative estimate of drug-likeness (QED) is 0.721. The average Bonchev–Trinajstić information content (AvgIpc) is 2.25. The van der Waals surface area contributed by atoms with Crippen molar-refractivity contribution in [3.8, 4) is 0 Å². The molecule has 0 saturated carbocycles. The van der Waals surface area contributed by atoms with E-state index in [1.165, 1.54) is 0 Å². The van der Waals surface area contributed by atoms with Crippen molar-refractivity contribution in [1.82, 2.24) is 0 Å². The fourth-order valence-corrected chi connectivity index (χ4v) is 3.27. The number of carbonyl (C=O) groups is 1. The van der Waals surface area contributed by atoms with Crippen molar-refractivity contribution in [3.63, 3.8) is 0 Å². The standard InChI is InChI=1S/C9H16O5S/c10-8-4-6-15(13,14)5-3-7(8)1-2-9(11)12/h7-8,10H,1-6H2,(H,11,12). The van der Waals surface area contributed by atoms with Gasteiger partial charge in [0.05, 0.1) is 17.6 Å². The third-order valence-electron chi connectivity index (χ3n) is 2.80. The second-order valence-corrected chi connectivity index (χ2v) is 6.29. The summed E-state index contributed by atoms with van der Waals surface area (Å²) in [7, 11) is -3.03. The lowest BCUT2D eigenvalue weighted by Gasteiger charge is -2.18. The van der Waals surface area contributed by atoms with Gasteiger partial charge < -0.3 is 10.2 Å². The van der Waals surface area contributed by atoms with E-state index >= 15 is 0 Å². The minimum Gasteiger partial charge on any atom is -0.481 e. The van der Waals surface area contributed by atoms with Gasteiger partial charge in [0.25, 0.3) is 0 Å². The summed E-state index contributed by atoms with van der Waals surface area (Å²) in [6, 6.07) is 0. The molecule has 0 amide bonds. The molecule has 1 fully saturated rings. The molecule has 5 nitrogen and oxygen atoms in total. The van der Waals surface area contributed by atoms with Crippen molar-refractivity contribution in [2.24, 2.45) is 5.92 Å². The summed E-state index contributed by atoms with van der Waals surface area (Å²) in [5.74, 6) is -1.03. The van der Waals surface area contributed by atoms with E-state index in [1.807, 2.05) is 0 Å². The Morgan fingerprint density at radius 1 is 1.27 bits per heavy atom. The highest BCUT2D eigenvalue weighted by Crippen LogP contribution is 2.23. The lowest BCUT2D eigenvalue weighted by molar-refractivity contribution is -0.137. The van der Waals surface area contributed by atoms with Gasteiger partial charge >= 0.3 is 5.97 Å². The van der Waals surface area contributed by atoms with E-state index in [4.69, 9.17) is 5.11 Å². The molecule has 1 rings (SSSR count). The molecule has 0 radical (unpaired) electrons. The summed E-state index contributed by atoms with van der Waals surface area (Å²) in [6.45, 7) is 0. The highest BCUT2D eigenvalue weighted by molar-refractivity contribution is 7.91. The third-order valence-corrected chi connectivity index (χ3v) is 4.51. The molecule has 0 bridgehead atoms.